The van der Waals surface area contributed by atoms with Gasteiger partial charge in [0.1, 0.15) is 6.26 Å². The third-order valence-corrected chi connectivity index (χ3v) is 3.03. The molecule has 0 fully saturated rings. The number of hydrogen-bond acceptors (Lipinski definition) is 3. The molecule has 3 nitrogen and oxygen atoms in total. The van der Waals surface area contributed by atoms with Crippen LogP contribution in [0.4, 0.5) is 0 Å². The summed E-state index contributed by atoms with van der Waals surface area (Å²) in [6.45, 7) is 6.94. The van der Waals surface area contributed by atoms with Crippen molar-refractivity contribution in [2.75, 3.05) is 19.8 Å². The molecule has 0 rings (SSSR count). The Kier molecular flexibility index (Phi) is 4.55. The molecule has 74 valence electrons. The van der Waals surface area contributed by atoms with Gasteiger partial charge in [-0.15, -0.1) is 4.31 Å². The van der Waals surface area contributed by atoms with Crippen LogP contribution in [-0.4, -0.2) is 34.7 Å². The highest BCUT2D eigenvalue weighted by Crippen LogP contribution is 2.18. The molecule has 4 heteroatoms. The Labute approximate surface area is 78.6 Å². The lowest BCUT2D eigenvalue weighted by Gasteiger charge is -2.30. The normalized spacial score (nSPS) is 18.0. The Bertz CT molecular complexity index is 134. The van der Waals surface area contributed by atoms with Crippen LogP contribution < -0.4 is 5.73 Å². The zero-order valence-corrected chi connectivity index (χ0v) is 9.44. The standard InChI is InChI=1S/C8H20N2OS/c1-8(2,3)7(9)6-10(4)12(5)11/h7H,6,9H2,1-5H3/t7-,12?/m1/s1. The molecular weight excluding hydrogens is 172 g/mol. The maximum absolute atomic E-state index is 11.0. The second kappa shape index (κ2) is 4.46. The summed E-state index contributed by atoms with van der Waals surface area (Å²) in [4.78, 5) is 0. The Balaban J connectivity index is 3.93. The monoisotopic (exact) mass is 192 g/mol. The van der Waals surface area contributed by atoms with Crippen molar-refractivity contribution in [1.82, 2.24) is 4.31 Å². The van der Waals surface area contributed by atoms with Crippen molar-refractivity contribution in [2.24, 2.45) is 11.1 Å². The van der Waals surface area contributed by atoms with Crippen molar-refractivity contribution in [3.05, 3.63) is 0 Å². The summed E-state index contributed by atoms with van der Waals surface area (Å²) in [6, 6.07) is 0.0615. The largest absolute Gasteiger partial charge is 0.598 e. The van der Waals surface area contributed by atoms with E-state index in [9.17, 15) is 4.55 Å². The minimum Gasteiger partial charge on any atom is -0.598 e. The fraction of sp³-hybridized carbons (Fsp3) is 1.00. The van der Waals surface area contributed by atoms with Crippen molar-refractivity contribution in [3.8, 4) is 0 Å². The second-order valence-corrected chi connectivity index (χ2v) is 5.68. The molecule has 0 amide bonds. The topological polar surface area (TPSA) is 52.3 Å². The van der Waals surface area contributed by atoms with Gasteiger partial charge in [0.05, 0.1) is 6.54 Å². The smallest absolute Gasteiger partial charge is 0.115 e. The van der Waals surface area contributed by atoms with Crippen LogP contribution in [0, 0.1) is 5.41 Å². The van der Waals surface area contributed by atoms with E-state index in [1.165, 1.54) is 0 Å². The number of hydrogen-bond donors (Lipinski definition) is 1. The van der Waals surface area contributed by atoms with Gasteiger partial charge in [-0.2, -0.15) is 0 Å². The van der Waals surface area contributed by atoms with E-state index in [4.69, 9.17) is 5.73 Å². The number of nitrogens with two attached hydrogens (primary N) is 1. The van der Waals surface area contributed by atoms with E-state index in [0.717, 1.165) is 0 Å². The van der Waals surface area contributed by atoms with Crippen molar-refractivity contribution < 1.29 is 4.55 Å². The molecule has 0 aromatic heterocycles. The molecule has 0 heterocycles. The van der Waals surface area contributed by atoms with Gasteiger partial charge in [0.2, 0.25) is 0 Å². The summed E-state index contributed by atoms with van der Waals surface area (Å²) in [5, 5.41) is 0. The summed E-state index contributed by atoms with van der Waals surface area (Å²) in [5.74, 6) is 0. The van der Waals surface area contributed by atoms with Crippen LogP contribution in [0.25, 0.3) is 0 Å². The first-order valence-corrected chi connectivity index (χ1v) is 5.57. The molecule has 0 saturated heterocycles. The lowest BCUT2D eigenvalue weighted by molar-refractivity contribution is 0.280. The number of nitrogens with zero attached hydrogens (tertiary/aromatic N) is 1. The number of likely N-dealkylation sites (N-methyl/N-ethyl adjacent to an activating group) is 1. The average molecular weight is 192 g/mol. The van der Waals surface area contributed by atoms with Crippen molar-refractivity contribution in [2.45, 2.75) is 26.8 Å². The SMILES string of the molecule is CN(C[C@@H](N)C(C)(C)C)[S+](C)[O-]. The van der Waals surface area contributed by atoms with Crippen LogP contribution in [0.2, 0.25) is 0 Å². The summed E-state index contributed by atoms with van der Waals surface area (Å²) in [7, 11) is 1.82. The lowest BCUT2D eigenvalue weighted by atomic mass is 9.87. The zero-order chi connectivity index (χ0) is 9.94. The molecule has 2 N–H and O–H groups in total. The van der Waals surface area contributed by atoms with Crippen LogP contribution in [-0.2, 0) is 11.4 Å². The maximum Gasteiger partial charge on any atom is 0.115 e. The van der Waals surface area contributed by atoms with Crippen LogP contribution in [0.15, 0.2) is 0 Å². The predicted octanol–water partition coefficient (Wildman–Crippen LogP) is 0.585. The highest BCUT2D eigenvalue weighted by Gasteiger charge is 2.24. The Morgan fingerprint density at radius 3 is 2.17 bits per heavy atom. The molecule has 0 aliphatic rings. The van der Waals surface area contributed by atoms with E-state index in [1.807, 2.05) is 7.05 Å². The van der Waals surface area contributed by atoms with E-state index in [-0.39, 0.29) is 11.5 Å². The van der Waals surface area contributed by atoms with Gasteiger partial charge in [-0.25, -0.2) is 0 Å². The number of rotatable bonds is 3. The molecule has 0 bridgehead atoms. The summed E-state index contributed by atoms with van der Waals surface area (Å²) < 4.78 is 12.7. The van der Waals surface area contributed by atoms with Gasteiger partial charge in [-0.3, -0.25) is 0 Å². The van der Waals surface area contributed by atoms with Gasteiger partial charge in [0.25, 0.3) is 0 Å². The fourth-order valence-electron chi connectivity index (χ4n) is 0.656. The summed E-state index contributed by atoms with van der Waals surface area (Å²) in [6.07, 6.45) is 1.66. The molecule has 0 aliphatic heterocycles. The van der Waals surface area contributed by atoms with Crippen molar-refractivity contribution in [3.63, 3.8) is 0 Å². The van der Waals surface area contributed by atoms with Crippen molar-refractivity contribution in [1.29, 1.82) is 0 Å². The first kappa shape index (κ1) is 12.2. The third-order valence-electron chi connectivity index (χ3n) is 2.01. The van der Waals surface area contributed by atoms with Crippen LogP contribution >= 0.6 is 0 Å². The predicted molar refractivity (Wildman–Crippen MR) is 54.1 cm³/mol. The van der Waals surface area contributed by atoms with Gasteiger partial charge in [-0.05, 0) is 5.41 Å². The molecule has 0 aromatic carbocycles. The molecule has 0 spiro atoms. The quantitative estimate of drug-likeness (QED) is 0.666. The lowest BCUT2D eigenvalue weighted by Crippen LogP contribution is -2.45. The van der Waals surface area contributed by atoms with Crippen molar-refractivity contribution >= 4 is 11.4 Å². The van der Waals surface area contributed by atoms with Crippen LogP contribution in [0.3, 0.4) is 0 Å². The van der Waals surface area contributed by atoms with E-state index in [2.05, 4.69) is 20.8 Å². The van der Waals surface area contributed by atoms with E-state index in [0.29, 0.717) is 6.54 Å². The van der Waals surface area contributed by atoms with Crippen LogP contribution in [0.5, 0.6) is 0 Å². The minimum absolute atomic E-state index is 0.0615. The maximum atomic E-state index is 11.0. The average Bonchev–Trinajstić information content (AvgIpc) is 1.85. The summed E-state index contributed by atoms with van der Waals surface area (Å²) in [5.41, 5.74) is 5.99. The first-order chi connectivity index (χ1) is 5.25. The van der Waals surface area contributed by atoms with E-state index < -0.39 is 11.4 Å². The molecule has 0 radical (unpaired) electrons. The van der Waals surface area contributed by atoms with Crippen LogP contribution in [0.1, 0.15) is 20.8 Å². The van der Waals surface area contributed by atoms with Gasteiger partial charge in [0, 0.05) is 24.5 Å². The van der Waals surface area contributed by atoms with Gasteiger partial charge in [0.15, 0.2) is 0 Å². The summed E-state index contributed by atoms with van der Waals surface area (Å²) >= 11 is -0.912. The highest BCUT2D eigenvalue weighted by atomic mass is 32.2. The molecule has 12 heavy (non-hydrogen) atoms. The highest BCUT2D eigenvalue weighted by molar-refractivity contribution is 7.88. The molecular formula is C8H20N2OS. The minimum atomic E-state index is -0.912. The molecule has 0 aromatic rings. The second-order valence-electron chi connectivity index (χ2n) is 4.21. The Morgan fingerprint density at radius 2 is 1.92 bits per heavy atom. The van der Waals surface area contributed by atoms with E-state index >= 15 is 0 Å². The molecule has 0 saturated carbocycles. The Hall–Kier alpha value is 0.230. The fourth-order valence-corrected chi connectivity index (χ4v) is 1.03. The first-order valence-electron chi connectivity index (χ1n) is 4.05. The van der Waals surface area contributed by atoms with E-state index in [1.54, 1.807) is 10.6 Å². The zero-order valence-electron chi connectivity index (χ0n) is 8.63. The molecule has 0 aliphatic carbocycles. The molecule has 2 atom stereocenters. The third kappa shape index (κ3) is 4.30. The van der Waals surface area contributed by atoms with Gasteiger partial charge < -0.3 is 10.3 Å². The van der Waals surface area contributed by atoms with Gasteiger partial charge in [-0.1, -0.05) is 20.8 Å². The Morgan fingerprint density at radius 1 is 1.50 bits per heavy atom. The molecule has 1 unspecified atom stereocenters. The van der Waals surface area contributed by atoms with Gasteiger partial charge >= 0.3 is 0 Å².